The van der Waals surface area contributed by atoms with Crippen molar-refractivity contribution in [2.75, 3.05) is 0 Å². The minimum Gasteiger partial charge on any atom is -0.347 e. The molecule has 2 aromatic heterocycles. The molecular weight excluding hydrogens is 206 g/mol. The number of hydrogen-bond donors (Lipinski definition) is 1. The second kappa shape index (κ2) is 3.90. The Hall–Kier alpha value is -1.55. The number of aryl methyl sites for hydroxylation is 2. The number of pyridine rings is 1. The Labute approximate surface area is 93.2 Å². The number of H-pyrrole nitrogens is 1. The Morgan fingerprint density at radius 1 is 1.33 bits per heavy atom. The highest BCUT2D eigenvalue weighted by Crippen LogP contribution is 2.17. The third-order valence-corrected chi connectivity index (χ3v) is 2.57. The van der Waals surface area contributed by atoms with Crippen LogP contribution in [0.5, 0.6) is 0 Å². The quantitative estimate of drug-likeness (QED) is 0.747. The molecule has 0 spiro atoms. The highest BCUT2D eigenvalue weighted by Gasteiger charge is 2.04. The highest BCUT2D eigenvalue weighted by molar-refractivity contribution is 7.71. The molecule has 2 rings (SSSR count). The van der Waals surface area contributed by atoms with Crippen molar-refractivity contribution in [3.05, 3.63) is 40.6 Å². The van der Waals surface area contributed by atoms with E-state index in [-0.39, 0.29) is 0 Å². The molecule has 0 saturated carbocycles. The molecule has 0 bridgehead atoms. The van der Waals surface area contributed by atoms with Gasteiger partial charge in [0.1, 0.15) is 10.3 Å². The number of nitrogens with one attached hydrogen (secondary N) is 1. The summed E-state index contributed by atoms with van der Waals surface area (Å²) in [6.07, 6.45) is 3.50. The van der Waals surface area contributed by atoms with Gasteiger partial charge in [0.25, 0.3) is 0 Å². The van der Waals surface area contributed by atoms with Crippen molar-refractivity contribution in [3.63, 3.8) is 0 Å². The minimum atomic E-state index is 0.658. The second-order valence-electron chi connectivity index (χ2n) is 3.37. The van der Waals surface area contributed by atoms with Crippen LogP contribution in [-0.2, 0) is 0 Å². The predicted molar refractivity (Wildman–Crippen MR) is 62.1 cm³/mol. The zero-order chi connectivity index (χ0) is 10.8. The summed E-state index contributed by atoms with van der Waals surface area (Å²) in [5, 5.41) is 0. The van der Waals surface area contributed by atoms with E-state index in [1.807, 2.05) is 26.0 Å². The van der Waals surface area contributed by atoms with E-state index in [1.165, 1.54) is 0 Å². The molecule has 15 heavy (non-hydrogen) atoms. The molecule has 0 aromatic carbocycles. The van der Waals surface area contributed by atoms with Gasteiger partial charge in [0, 0.05) is 23.7 Å². The molecular formula is C11H11N3S. The topological polar surface area (TPSA) is 41.6 Å². The molecule has 0 radical (unpaired) electrons. The standard InChI is InChI=1S/C11H11N3S/c1-7-8(2)14-11(15)10(13-7)9-4-3-5-12-6-9/h3-6H,1-2H3,(H,14,15). The molecule has 0 fully saturated rings. The zero-order valence-electron chi connectivity index (χ0n) is 8.61. The number of hydrogen-bond acceptors (Lipinski definition) is 3. The Kier molecular flexibility index (Phi) is 2.60. The summed E-state index contributed by atoms with van der Waals surface area (Å²) >= 11 is 5.24. The number of aromatic amines is 1. The molecule has 0 saturated heterocycles. The van der Waals surface area contributed by atoms with E-state index >= 15 is 0 Å². The smallest absolute Gasteiger partial charge is 0.130 e. The fraction of sp³-hybridized carbons (Fsp3) is 0.182. The van der Waals surface area contributed by atoms with Crippen molar-refractivity contribution in [1.29, 1.82) is 0 Å². The first kappa shape index (κ1) is 9.98. The van der Waals surface area contributed by atoms with Gasteiger partial charge in [0.2, 0.25) is 0 Å². The number of aromatic nitrogens is 3. The van der Waals surface area contributed by atoms with Crippen LogP contribution in [0.15, 0.2) is 24.5 Å². The van der Waals surface area contributed by atoms with Crippen LogP contribution in [0.2, 0.25) is 0 Å². The molecule has 2 aromatic rings. The van der Waals surface area contributed by atoms with Gasteiger partial charge >= 0.3 is 0 Å². The van der Waals surface area contributed by atoms with Crippen LogP contribution < -0.4 is 0 Å². The van der Waals surface area contributed by atoms with E-state index in [0.29, 0.717) is 4.64 Å². The average Bonchev–Trinajstić information content (AvgIpc) is 2.25. The summed E-state index contributed by atoms with van der Waals surface area (Å²) in [7, 11) is 0. The monoisotopic (exact) mass is 217 g/mol. The van der Waals surface area contributed by atoms with Crippen molar-refractivity contribution in [2.45, 2.75) is 13.8 Å². The van der Waals surface area contributed by atoms with E-state index < -0.39 is 0 Å². The van der Waals surface area contributed by atoms with Crippen LogP contribution >= 0.6 is 12.2 Å². The van der Waals surface area contributed by atoms with Gasteiger partial charge in [-0.1, -0.05) is 12.2 Å². The molecule has 3 nitrogen and oxygen atoms in total. The maximum Gasteiger partial charge on any atom is 0.130 e. The van der Waals surface area contributed by atoms with Crippen molar-refractivity contribution in [1.82, 2.24) is 15.0 Å². The van der Waals surface area contributed by atoms with Crippen LogP contribution in [0.4, 0.5) is 0 Å². The molecule has 0 atom stereocenters. The summed E-state index contributed by atoms with van der Waals surface area (Å²) in [6.45, 7) is 3.92. The van der Waals surface area contributed by atoms with E-state index in [9.17, 15) is 0 Å². The molecule has 0 aliphatic carbocycles. The van der Waals surface area contributed by atoms with E-state index in [0.717, 1.165) is 22.6 Å². The van der Waals surface area contributed by atoms with Crippen molar-refractivity contribution >= 4 is 12.2 Å². The molecule has 4 heteroatoms. The van der Waals surface area contributed by atoms with Crippen molar-refractivity contribution in [2.24, 2.45) is 0 Å². The van der Waals surface area contributed by atoms with E-state index in [4.69, 9.17) is 12.2 Å². The lowest BCUT2D eigenvalue weighted by Gasteiger charge is -2.04. The SMILES string of the molecule is Cc1nc(-c2cccnc2)c(=S)[nH]c1C. The molecule has 0 amide bonds. The number of rotatable bonds is 1. The maximum absolute atomic E-state index is 5.24. The normalized spacial score (nSPS) is 10.3. The first-order valence-electron chi connectivity index (χ1n) is 4.66. The summed E-state index contributed by atoms with van der Waals surface area (Å²) in [4.78, 5) is 11.7. The summed E-state index contributed by atoms with van der Waals surface area (Å²) in [6, 6.07) is 3.83. The van der Waals surface area contributed by atoms with Gasteiger partial charge in [-0.25, -0.2) is 4.98 Å². The first-order valence-corrected chi connectivity index (χ1v) is 5.07. The minimum absolute atomic E-state index is 0.658. The molecule has 76 valence electrons. The van der Waals surface area contributed by atoms with Crippen LogP contribution in [0.3, 0.4) is 0 Å². The molecule has 1 N–H and O–H groups in total. The van der Waals surface area contributed by atoms with Gasteiger partial charge in [-0.05, 0) is 26.0 Å². The second-order valence-corrected chi connectivity index (χ2v) is 3.77. The lowest BCUT2D eigenvalue weighted by atomic mass is 10.2. The molecule has 0 unspecified atom stereocenters. The molecule has 2 heterocycles. The Morgan fingerprint density at radius 2 is 2.13 bits per heavy atom. The van der Waals surface area contributed by atoms with Crippen LogP contribution in [-0.4, -0.2) is 15.0 Å². The fourth-order valence-electron chi connectivity index (χ4n) is 1.32. The van der Waals surface area contributed by atoms with Crippen molar-refractivity contribution in [3.8, 4) is 11.3 Å². The van der Waals surface area contributed by atoms with Gasteiger partial charge in [-0.3, -0.25) is 4.98 Å². The lowest BCUT2D eigenvalue weighted by Crippen LogP contribution is -1.96. The third kappa shape index (κ3) is 1.94. The molecule has 0 aliphatic rings. The van der Waals surface area contributed by atoms with E-state index in [2.05, 4.69) is 15.0 Å². The van der Waals surface area contributed by atoms with Crippen LogP contribution in [0.1, 0.15) is 11.4 Å². The van der Waals surface area contributed by atoms with Gasteiger partial charge in [-0.15, -0.1) is 0 Å². The van der Waals surface area contributed by atoms with Gasteiger partial charge in [0.15, 0.2) is 0 Å². The summed E-state index contributed by atoms with van der Waals surface area (Å²) in [5.41, 5.74) is 3.71. The summed E-state index contributed by atoms with van der Waals surface area (Å²) < 4.78 is 0.658. The fourth-order valence-corrected chi connectivity index (χ4v) is 1.64. The first-order chi connectivity index (χ1) is 7.18. The maximum atomic E-state index is 5.24. The molecule has 0 aliphatic heterocycles. The van der Waals surface area contributed by atoms with Crippen LogP contribution in [0.25, 0.3) is 11.3 Å². The lowest BCUT2D eigenvalue weighted by molar-refractivity contribution is 1.04. The Bertz CT molecular complexity index is 531. The van der Waals surface area contributed by atoms with Gasteiger partial charge in [-0.2, -0.15) is 0 Å². The van der Waals surface area contributed by atoms with Crippen molar-refractivity contribution < 1.29 is 0 Å². The average molecular weight is 217 g/mol. The highest BCUT2D eigenvalue weighted by atomic mass is 32.1. The third-order valence-electron chi connectivity index (χ3n) is 2.27. The largest absolute Gasteiger partial charge is 0.347 e. The predicted octanol–water partition coefficient (Wildman–Crippen LogP) is 2.82. The zero-order valence-corrected chi connectivity index (χ0v) is 9.43. The number of nitrogens with zero attached hydrogens (tertiary/aromatic N) is 2. The van der Waals surface area contributed by atoms with Gasteiger partial charge in [0.05, 0.1) is 5.69 Å². The van der Waals surface area contributed by atoms with Crippen LogP contribution in [0, 0.1) is 18.5 Å². The van der Waals surface area contributed by atoms with Gasteiger partial charge < -0.3 is 4.98 Å². The Balaban J connectivity index is 2.65. The Morgan fingerprint density at radius 3 is 2.80 bits per heavy atom. The summed E-state index contributed by atoms with van der Waals surface area (Å²) in [5.74, 6) is 0. The van der Waals surface area contributed by atoms with E-state index in [1.54, 1.807) is 12.4 Å².